The number of ether oxygens (including phenoxy) is 2. The van der Waals surface area contributed by atoms with Crippen LogP contribution in [0.15, 0.2) is 29.3 Å². The Labute approximate surface area is 192 Å². The standard InChI is InChI=1S/C24H39N5O3/c1-4-25-24(26-18-20(2)32-22-11-7-6-10-21(22)31-3)29-16-14-27(15-17-29)19-23(30)28-12-8-5-9-13-28/h6-7,10-11,20H,4-5,8-9,12-19H2,1-3H3,(H,25,26). The zero-order valence-electron chi connectivity index (χ0n) is 19.9. The number of amides is 1. The number of rotatable bonds is 8. The molecule has 0 spiro atoms. The number of aliphatic imine (C=N–C) groups is 1. The first-order chi connectivity index (χ1) is 15.6. The van der Waals surface area contributed by atoms with Gasteiger partial charge in [0.05, 0.1) is 20.2 Å². The average molecular weight is 446 g/mol. The second-order valence-corrected chi connectivity index (χ2v) is 8.48. The third kappa shape index (κ3) is 7.02. The average Bonchev–Trinajstić information content (AvgIpc) is 2.83. The number of nitrogens with one attached hydrogen (secondary N) is 1. The van der Waals surface area contributed by atoms with Gasteiger partial charge in [0.25, 0.3) is 0 Å². The van der Waals surface area contributed by atoms with Crippen LogP contribution in [0.4, 0.5) is 0 Å². The first-order valence-corrected chi connectivity index (χ1v) is 11.9. The fraction of sp³-hybridized carbons (Fsp3) is 0.667. The van der Waals surface area contributed by atoms with Gasteiger partial charge in [0, 0.05) is 45.8 Å². The van der Waals surface area contributed by atoms with Crippen LogP contribution in [0.1, 0.15) is 33.1 Å². The normalized spacial score (nSPS) is 18.9. The van der Waals surface area contributed by atoms with Gasteiger partial charge in [-0.2, -0.15) is 0 Å². The largest absolute Gasteiger partial charge is 0.493 e. The molecule has 2 aliphatic rings. The van der Waals surface area contributed by atoms with E-state index in [4.69, 9.17) is 14.5 Å². The van der Waals surface area contributed by atoms with E-state index in [-0.39, 0.29) is 12.0 Å². The summed E-state index contributed by atoms with van der Waals surface area (Å²) in [5, 5.41) is 3.40. The van der Waals surface area contributed by atoms with Crippen LogP contribution in [0, 0.1) is 0 Å². The molecule has 0 aliphatic carbocycles. The number of likely N-dealkylation sites (tertiary alicyclic amines) is 1. The number of carbonyl (C=O) groups excluding carboxylic acids is 1. The minimum absolute atomic E-state index is 0.0802. The van der Waals surface area contributed by atoms with Crippen molar-refractivity contribution in [2.24, 2.45) is 4.99 Å². The molecule has 2 saturated heterocycles. The maximum Gasteiger partial charge on any atom is 0.236 e. The SMILES string of the molecule is CCNC(=NCC(C)Oc1ccccc1OC)N1CCN(CC(=O)N2CCCCC2)CC1. The third-order valence-corrected chi connectivity index (χ3v) is 5.97. The first kappa shape index (κ1) is 24.2. The van der Waals surface area contributed by atoms with Gasteiger partial charge < -0.3 is 24.6 Å². The molecular formula is C24H39N5O3. The first-order valence-electron chi connectivity index (χ1n) is 11.9. The zero-order valence-corrected chi connectivity index (χ0v) is 19.9. The van der Waals surface area contributed by atoms with E-state index in [1.165, 1.54) is 6.42 Å². The molecule has 1 unspecified atom stereocenters. The van der Waals surface area contributed by atoms with Gasteiger partial charge in [-0.3, -0.25) is 9.69 Å². The number of benzene rings is 1. The van der Waals surface area contributed by atoms with E-state index in [2.05, 4.69) is 22.0 Å². The second-order valence-electron chi connectivity index (χ2n) is 8.48. The van der Waals surface area contributed by atoms with Gasteiger partial charge in [-0.15, -0.1) is 0 Å². The lowest BCUT2D eigenvalue weighted by atomic mass is 10.1. The minimum atomic E-state index is -0.0802. The van der Waals surface area contributed by atoms with E-state index in [0.717, 1.165) is 76.1 Å². The summed E-state index contributed by atoms with van der Waals surface area (Å²) < 4.78 is 11.4. The Balaban J connectivity index is 1.48. The molecule has 8 nitrogen and oxygen atoms in total. The molecule has 0 saturated carbocycles. The van der Waals surface area contributed by atoms with Crippen LogP contribution in [0.3, 0.4) is 0 Å². The van der Waals surface area contributed by atoms with E-state index in [0.29, 0.717) is 13.1 Å². The molecule has 1 aromatic carbocycles. The Morgan fingerprint density at radius 1 is 1.03 bits per heavy atom. The predicted octanol–water partition coefficient (Wildman–Crippen LogP) is 2.06. The molecule has 2 fully saturated rings. The van der Waals surface area contributed by atoms with Crippen LogP contribution >= 0.6 is 0 Å². The third-order valence-electron chi connectivity index (χ3n) is 5.97. The number of carbonyl (C=O) groups is 1. The molecule has 3 rings (SSSR count). The smallest absolute Gasteiger partial charge is 0.236 e. The van der Waals surface area contributed by atoms with Crippen LogP contribution in [0.25, 0.3) is 0 Å². The van der Waals surface area contributed by atoms with Gasteiger partial charge in [-0.05, 0) is 45.2 Å². The number of piperazine rings is 1. The number of piperidine rings is 1. The molecule has 178 valence electrons. The summed E-state index contributed by atoms with van der Waals surface area (Å²) in [4.78, 5) is 24.0. The molecular weight excluding hydrogens is 406 g/mol. The second kappa shape index (κ2) is 12.5. The van der Waals surface area contributed by atoms with Crippen molar-refractivity contribution >= 4 is 11.9 Å². The lowest BCUT2D eigenvalue weighted by Crippen LogP contribution is -2.54. The Morgan fingerprint density at radius 3 is 2.38 bits per heavy atom. The molecule has 0 bridgehead atoms. The van der Waals surface area contributed by atoms with Crippen molar-refractivity contribution in [3.05, 3.63) is 24.3 Å². The van der Waals surface area contributed by atoms with E-state index in [1.54, 1.807) is 7.11 Å². The fourth-order valence-electron chi connectivity index (χ4n) is 4.16. The monoisotopic (exact) mass is 445 g/mol. The fourth-order valence-corrected chi connectivity index (χ4v) is 4.16. The van der Waals surface area contributed by atoms with E-state index in [1.807, 2.05) is 36.1 Å². The molecule has 2 heterocycles. The molecule has 32 heavy (non-hydrogen) atoms. The Bertz CT molecular complexity index is 743. The highest BCUT2D eigenvalue weighted by molar-refractivity contribution is 5.80. The molecule has 8 heteroatoms. The highest BCUT2D eigenvalue weighted by Gasteiger charge is 2.24. The number of nitrogens with zero attached hydrogens (tertiary/aromatic N) is 4. The molecule has 1 amide bonds. The summed E-state index contributed by atoms with van der Waals surface area (Å²) in [6, 6.07) is 7.67. The van der Waals surface area contributed by atoms with Crippen LogP contribution in [-0.2, 0) is 4.79 Å². The summed E-state index contributed by atoms with van der Waals surface area (Å²) in [7, 11) is 1.65. The Kier molecular flexibility index (Phi) is 9.46. The molecule has 1 N–H and O–H groups in total. The topological polar surface area (TPSA) is 69.6 Å². The molecule has 0 radical (unpaired) electrons. The van der Waals surface area contributed by atoms with E-state index < -0.39 is 0 Å². The van der Waals surface area contributed by atoms with Gasteiger partial charge in [-0.1, -0.05) is 12.1 Å². The zero-order chi connectivity index (χ0) is 22.8. The number of guanidine groups is 1. The van der Waals surface area contributed by atoms with Crippen molar-refractivity contribution in [3.63, 3.8) is 0 Å². The molecule has 2 aliphatic heterocycles. The van der Waals surface area contributed by atoms with Crippen molar-refractivity contribution in [1.29, 1.82) is 0 Å². The number of hydrogen-bond acceptors (Lipinski definition) is 5. The summed E-state index contributed by atoms with van der Waals surface area (Å²) in [5.41, 5.74) is 0. The highest BCUT2D eigenvalue weighted by atomic mass is 16.5. The van der Waals surface area contributed by atoms with Crippen molar-refractivity contribution < 1.29 is 14.3 Å². The number of para-hydroxylation sites is 2. The highest BCUT2D eigenvalue weighted by Crippen LogP contribution is 2.26. The van der Waals surface area contributed by atoms with E-state index >= 15 is 0 Å². The number of hydrogen-bond donors (Lipinski definition) is 1. The summed E-state index contributed by atoms with van der Waals surface area (Å²) in [5.74, 6) is 2.64. The number of methoxy groups -OCH3 is 1. The summed E-state index contributed by atoms with van der Waals surface area (Å²) in [6.45, 7) is 11.3. The maximum absolute atomic E-state index is 12.6. The lowest BCUT2D eigenvalue weighted by Gasteiger charge is -2.37. The van der Waals surface area contributed by atoms with Crippen molar-refractivity contribution in [2.75, 3.05) is 66.0 Å². The van der Waals surface area contributed by atoms with Crippen LogP contribution in [0.5, 0.6) is 11.5 Å². The Morgan fingerprint density at radius 2 is 1.72 bits per heavy atom. The lowest BCUT2D eigenvalue weighted by molar-refractivity contribution is -0.133. The van der Waals surface area contributed by atoms with Crippen LogP contribution in [0.2, 0.25) is 0 Å². The van der Waals surface area contributed by atoms with Gasteiger partial charge in [-0.25, -0.2) is 4.99 Å². The van der Waals surface area contributed by atoms with Gasteiger partial charge in [0.15, 0.2) is 17.5 Å². The van der Waals surface area contributed by atoms with Crippen molar-refractivity contribution in [3.8, 4) is 11.5 Å². The van der Waals surface area contributed by atoms with Gasteiger partial charge >= 0.3 is 0 Å². The molecule has 0 aromatic heterocycles. The van der Waals surface area contributed by atoms with E-state index in [9.17, 15) is 4.79 Å². The van der Waals surface area contributed by atoms with Gasteiger partial charge in [0.2, 0.25) is 5.91 Å². The summed E-state index contributed by atoms with van der Waals surface area (Å²) in [6.07, 6.45) is 3.45. The minimum Gasteiger partial charge on any atom is -0.493 e. The molecule has 1 atom stereocenters. The quantitative estimate of drug-likeness (QED) is 0.488. The van der Waals surface area contributed by atoms with Crippen LogP contribution < -0.4 is 14.8 Å². The summed E-state index contributed by atoms with van der Waals surface area (Å²) >= 11 is 0. The maximum atomic E-state index is 12.6. The predicted molar refractivity (Wildman–Crippen MR) is 128 cm³/mol. The Hall–Kier alpha value is -2.48. The van der Waals surface area contributed by atoms with Crippen molar-refractivity contribution in [1.82, 2.24) is 20.0 Å². The van der Waals surface area contributed by atoms with Crippen LogP contribution in [-0.4, -0.2) is 98.7 Å². The molecule has 1 aromatic rings. The van der Waals surface area contributed by atoms with Crippen molar-refractivity contribution in [2.45, 2.75) is 39.2 Å². The van der Waals surface area contributed by atoms with Gasteiger partial charge in [0.1, 0.15) is 6.10 Å².